The van der Waals surface area contributed by atoms with Crippen molar-refractivity contribution in [2.75, 3.05) is 18.8 Å². The second-order valence-corrected chi connectivity index (χ2v) is 7.34. The molecule has 0 spiro atoms. The summed E-state index contributed by atoms with van der Waals surface area (Å²) in [5.74, 6) is 0.0992. The van der Waals surface area contributed by atoms with E-state index in [1.165, 1.54) is 4.88 Å². The molecule has 18 heavy (non-hydrogen) atoms. The van der Waals surface area contributed by atoms with Gasteiger partial charge in [-0.05, 0) is 20.8 Å². The number of hydrogen-bond acceptors (Lipinski definition) is 5. The van der Waals surface area contributed by atoms with Crippen molar-refractivity contribution in [2.45, 2.75) is 33.7 Å². The highest BCUT2D eigenvalue weighted by atomic mass is 32.2. The SMILES string of the molecule is CCNS(=O)(=O)CCNC(C)c1sc(C)nc1C. The van der Waals surface area contributed by atoms with Crippen LogP contribution in [0.15, 0.2) is 0 Å². The Morgan fingerprint density at radius 3 is 2.56 bits per heavy atom. The molecule has 5 nitrogen and oxygen atoms in total. The Hall–Kier alpha value is -0.500. The number of nitrogens with one attached hydrogen (secondary N) is 2. The van der Waals surface area contributed by atoms with Gasteiger partial charge in [-0.3, -0.25) is 0 Å². The number of sulfonamides is 1. The Kier molecular flexibility index (Phi) is 5.71. The lowest BCUT2D eigenvalue weighted by molar-refractivity contribution is 0.566. The Morgan fingerprint density at radius 1 is 1.39 bits per heavy atom. The third-order valence-electron chi connectivity index (χ3n) is 2.52. The molecular weight excluding hydrogens is 270 g/mol. The fourth-order valence-electron chi connectivity index (χ4n) is 1.74. The summed E-state index contributed by atoms with van der Waals surface area (Å²) in [6.45, 7) is 8.63. The molecule has 0 radical (unpaired) electrons. The van der Waals surface area contributed by atoms with Crippen LogP contribution >= 0.6 is 11.3 Å². The molecule has 1 aromatic rings. The van der Waals surface area contributed by atoms with E-state index in [9.17, 15) is 8.42 Å². The van der Waals surface area contributed by atoms with E-state index in [0.29, 0.717) is 13.1 Å². The number of nitrogens with zero attached hydrogens (tertiary/aromatic N) is 1. The first-order valence-electron chi connectivity index (χ1n) is 6.00. The van der Waals surface area contributed by atoms with Gasteiger partial charge in [0.25, 0.3) is 0 Å². The molecular formula is C11H21N3O2S2. The highest BCUT2D eigenvalue weighted by molar-refractivity contribution is 7.89. The van der Waals surface area contributed by atoms with Gasteiger partial charge in [0.2, 0.25) is 10.0 Å². The van der Waals surface area contributed by atoms with Crippen molar-refractivity contribution in [1.29, 1.82) is 0 Å². The van der Waals surface area contributed by atoms with Gasteiger partial charge >= 0.3 is 0 Å². The van der Waals surface area contributed by atoms with E-state index in [4.69, 9.17) is 0 Å². The number of hydrogen-bond donors (Lipinski definition) is 2. The van der Waals surface area contributed by atoms with Crippen LogP contribution in [-0.4, -0.2) is 32.2 Å². The van der Waals surface area contributed by atoms with Gasteiger partial charge < -0.3 is 5.32 Å². The van der Waals surface area contributed by atoms with Crippen molar-refractivity contribution in [3.05, 3.63) is 15.6 Å². The first kappa shape index (κ1) is 15.6. The summed E-state index contributed by atoms with van der Waals surface area (Å²) >= 11 is 1.65. The molecule has 0 saturated carbocycles. The number of aromatic nitrogens is 1. The number of aryl methyl sites for hydroxylation is 2. The molecule has 0 saturated heterocycles. The van der Waals surface area contributed by atoms with Gasteiger partial charge in [0.05, 0.1) is 16.5 Å². The summed E-state index contributed by atoms with van der Waals surface area (Å²) < 4.78 is 25.4. The lowest BCUT2D eigenvalue weighted by Gasteiger charge is -2.12. The summed E-state index contributed by atoms with van der Waals surface area (Å²) in [7, 11) is -3.14. The molecule has 1 atom stereocenters. The smallest absolute Gasteiger partial charge is 0.212 e. The van der Waals surface area contributed by atoms with E-state index >= 15 is 0 Å². The van der Waals surface area contributed by atoms with Crippen LogP contribution in [0.3, 0.4) is 0 Å². The quantitative estimate of drug-likeness (QED) is 0.795. The normalized spacial score (nSPS) is 13.8. The van der Waals surface area contributed by atoms with E-state index in [1.54, 1.807) is 18.3 Å². The minimum atomic E-state index is -3.14. The molecule has 0 fully saturated rings. The van der Waals surface area contributed by atoms with Crippen LogP contribution in [0.25, 0.3) is 0 Å². The van der Waals surface area contributed by atoms with Crippen LogP contribution in [0.1, 0.15) is 35.5 Å². The standard InChI is InChI=1S/C11H21N3O2S2/c1-5-13-18(15,16)7-6-12-8(2)11-9(3)14-10(4)17-11/h8,12-13H,5-7H2,1-4H3. The second-order valence-electron chi connectivity index (χ2n) is 4.18. The molecule has 1 heterocycles. The van der Waals surface area contributed by atoms with Gasteiger partial charge in [0, 0.05) is 24.0 Å². The van der Waals surface area contributed by atoms with Crippen LogP contribution in [0.5, 0.6) is 0 Å². The monoisotopic (exact) mass is 291 g/mol. The van der Waals surface area contributed by atoms with E-state index in [-0.39, 0.29) is 11.8 Å². The van der Waals surface area contributed by atoms with Crippen molar-refractivity contribution < 1.29 is 8.42 Å². The van der Waals surface area contributed by atoms with Crippen LogP contribution in [-0.2, 0) is 10.0 Å². The zero-order valence-corrected chi connectivity index (χ0v) is 12.9. The zero-order valence-electron chi connectivity index (χ0n) is 11.3. The predicted molar refractivity (Wildman–Crippen MR) is 75.5 cm³/mol. The lowest BCUT2D eigenvalue weighted by atomic mass is 10.2. The van der Waals surface area contributed by atoms with Crippen LogP contribution in [0.2, 0.25) is 0 Å². The molecule has 0 aliphatic rings. The van der Waals surface area contributed by atoms with E-state index < -0.39 is 10.0 Å². The maximum absolute atomic E-state index is 11.5. The largest absolute Gasteiger partial charge is 0.308 e. The fourth-order valence-corrected chi connectivity index (χ4v) is 3.67. The van der Waals surface area contributed by atoms with Gasteiger partial charge in [0.15, 0.2) is 0 Å². The van der Waals surface area contributed by atoms with Gasteiger partial charge in [-0.15, -0.1) is 11.3 Å². The second kappa shape index (κ2) is 6.60. The zero-order chi connectivity index (χ0) is 13.8. The Morgan fingerprint density at radius 2 is 2.06 bits per heavy atom. The van der Waals surface area contributed by atoms with Crippen molar-refractivity contribution >= 4 is 21.4 Å². The van der Waals surface area contributed by atoms with Crippen LogP contribution in [0.4, 0.5) is 0 Å². The third kappa shape index (κ3) is 4.64. The van der Waals surface area contributed by atoms with Crippen molar-refractivity contribution in [2.24, 2.45) is 0 Å². The first-order valence-corrected chi connectivity index (χ1v) is 8.47. The molecule has 0 aliphatic heterocycles. The Balaban J connectivity index is 2.47. The Labute approximate surface area is 113 Å². The Bertz CT molecular complexity index is 482. The average Bonchev–Trinajstić information content (AvgIpc) is 2.57. The summed E-state index contributed by atoms with van der Waals surface area (Å²) in [6.07, 6.45) is 0. The predicted octanol–water partition coefficient (Wildman–Crippen LogP) is 1.35. The molecule has 1 aromatic heterocycles. The summed E-state index contributed by atoms with van der Waals surface area (Å²) in [6, 6.07) is 0.132. The topological polar surface area (TPSA) is 71.1 Å². The van der Waals surface area contributed by atoms with Crippen molar-refractivity contribution in [1.82, 2.24) is 15.0 Å². The molecule has 0 amide bonds. The molecule has 0 aliphatic carbocycles. The summed E-state index contributed by atoms with van der Waals surface area (Å²) in [4.78, 5) is 5.54. The summed E-state index contributed by atoms with van der Waals surface area (Å²) in [5.41, 5.74) is 1.02. The van der Waals surface area contributed by atoms with Gasteiger partial charge in [0.1, 0.15) is 0 Å². The molecule has 1 unspecified atom stereocenters. The maximum atomic E-state index is 11.5. The van der Waals surface area contributed by atoms with E-state index in [2.05, 4.69) is 15.0 Å². The van der Waals surface area contributed by atoms with Gasteiger partial charge in [-0.2, -0.15) is 0 Å². The molecule has 2 N–H and O–H groups in total. The maximum Gasteiger partial charge on any atom is 0.212 e. The van der Waals surface area contributed by atoms with Gasteiger partial charge in [-0.25, -0.2) is 18.1 Å². The number of rotatable bonds is 7. The van der Waals surface area contributed by atoms with Crippen molar-refractivity contribution in [3.8, 4) is 0 Å². The third-order valence-corrected chi connectivity index (χ3v) is 5.24. The lowest BCUT2D eigenvalue weighted by Crippen LogP contribution is -2.32. The molecule has 0 aromatic carbocycles. The average molecular weight is 291 g/mol. The van der Waals surface area contributed by atoms with Crippen LogP contribution in [0, 0.1) is 13.8 Å². The molecule has 7 heteroatoms. The molecule has 0 bridgehead atoms. The fraction of sp³-hybridized carbons (Fsp3) is 0.727. The van der Waals surface area contributed by atoms with Crippen molar-refractivity contribution in [3.63, 3.8) is 0 Å². The highest BCUT2D eigenvalue weighted by Crippen LogP contribution is 2.24. The summed E-state index contributed by atoms with van der Waals surface area (Å²) in [5, 5.41) is 4.26. The highest BCUT2D eigenvalue weighted by Gasteiger charge is 2.14. The first-order chi connectivity index (χ1) is 8.35. The minimum absolute atomic E-state index is 0.0992. The van der Waals surface area contributed by atoms with Gasteiger partial charge in [-0.1, -0.05) is 6.92 Å². The molecule has 1 rings (SSSR count). The number of thiazole rings is 1. The van der Waals surface area contributed by atoms with Crippen LogP contribution < -0.4 is 10.0 Å². The minimum Gasteiger partial charge on any atom is -0.308 e. The van der Waals surface area contributed by atoms with E-state index in [1.807, 2.05) is 20.8 Å². The molecule has 104 valence electrons. The van der Waals surface area contributed by atoms with E-state index in [0.717, 1.165) is 10.7 Å².